The van der Waals surface area contributed by atoms with Gasteiger partial charge >= 0.3 is 5.97 Å². The number of aromatic nitrogens is 5. The van der Waals surface area contributed by atoms with Crippen LogP contribution in [0.5, 0.6) is 5.75 Å². The Labute approximate surface area is 197 Å². The molecule has 0 radical (unpaired) electrons. The number of ether oxygens (including phenoxy) is 2. The Hall–Kier alpha value is -3.88. The molecule has 1 aliphatic rings. The number of hydrogen-bond acceptors (Lipinski definition) is 7. The SMILES string of the molecule is CNc1cc2c(cn1)c(-c1cnn(C)c1)nn2C1CCC(Oc2ccc(C(=O)OC)cc2)CC1. The van der Waals surface area contributed by atoms with Crippen molar-refractivity contribution in [2.24, 2.45) is 7.05 Å². The van der Waals surface area contributed by atoms with Crippen molar-refractivity contribution in [3.8, 4) is 17.0 Å². The topological polar surface area (TPSA) is 96.1 Å². The van der Waals surface area contributed by atoms with Gasteiger partial charge in [-0.15, -0.1) is 0 Å². The Balaban J connectivity index is 1.34. The zero-order valence-electron chi connectivity index (χ0n) is 19.6. The van der Waals surface area contributed by atoms with Crippen LogP contribution in [0.3, 0.4) is 0 Å². The zero-order chi connectivity index (χ0) is 23.7. The Morgan fingerprint density at radius 2 is 1.88 bits per heavy atom. The average Bonchev–Trinajstić information content (AvgIpc) is 3.47. The first-order chi connectivity index (χ1) is 16.6. The number of nitrogens with one attached hydrogen (secondary N) is 1. The van der Waals surface area contributed by atoms with Crippen molar-refractivity contribution in [3.05, 3.63) is 54.5 Å². The first-order valence-electron chi connectivity index (χ1n) is 11.5. The fourth-order valence-electron chi connectivity index (χ4n) is 4.59. The lowest BCUT2D eigenvalue weighted by molar-refractivity contribution is 0.0600. The number of benzene rings is 1. The van der Waals surface area contributed by atoms with Gasteiger partial charge in [-0.2, -0.15) is 10.2 Å². The Kier molecular flexibility index (Phi) is 5.91. The maximum Gasteiger partial charge on any atom is 0.337 e. The van der Waals surface area contributed by atoms with Crippen LogP contribution in [0.25, 0.3) is 22.2 Å². The zero-order valence-corrected chi connectivity index (χ0v) is 19.6. The number of methoxy groups -OCH3 is 1. The maximum absolute atomic E-state index is 11.6. The van der Waals surface area contributed by atoms with Gasteiger partial charge in [0.2, 0.25) is 0 Å². The predicted molar refractivity (Wildman–Crippen MR) is 129 cm³/mol. The van der Waals surface area contributed by atoms with E-state index < -0.39 is 0 Å². The van der Waals surface area contributed by atoms with E-state index in [9.17, 15) is 4.79 Å². The molecule has 1 saturated carbocycles. The first-order valence-corrected chi connectivity index (χ1v) is 11.5. The first kappa shape index (κ1) is 21.9. The van der Waals surface area contributed by atoms with Crippen LogP contribution in [0, 0.1) is 0 Å². The summed E-state index contributed by atoms with van der Waals surface area (Å²) in [5.74, 6) is 1.24. The molecule has 1 aliphatic carbocycles. The van der Waals surface area contributed by atoms with E-state index in [0.717, 1.165) is 59.4 Å². The number of anilines is 1. The molecule has 0 saturated heterocycles. The van der Waals surface area contributed by atoms with Gasteiger partial charge in [0.05, 0.1) is 36.5 Å². The van der Waals surface area contributed by atoms with Crippen LogP contribution in [-0.2, 0) is 11.8 Å². The number of rotatable bonds is 6. The highest BCUT2D eigenvalue weighted by Crippen LogP contribution is 2.36. The third-order valence-electron chi connectivity index (χ3n) is 6.39. The lowest BCUT2D eigenvalue weighted by Crippen LogP contribution is -2.26. The number of aryl methyl sites for hydroxylation is 1. The van der Waals surface area contributed by atoms with Crippen molar-refractivity contribution in [1.29, 1.82) is 0 Å². The lowest BCUT2D eigenvalue weighted by atomic mass is 9.93. The van der Waals surface area contributed by atoms with Crippen LogP contribution >= 0.6 is 0 Å². The Morgan fingerprint density at radius 1 is 1.12 bits per heavy atom. The highest BCUT2D eigenvalue weighted by Gasteiger charge is 2.27. The van der Waals surface area contributed by atoms with E-state index in [1.54, 1.807) is 16.8 Å². The molecule has 9 heteroatoms. The maximum atomic E-state index is 11.6. The molecule has 0 amide bonds. The average molecular weight is 461 g/mol. The molecule has 0 spiro atoms. The van der Waals surface area contributed by atoms with Crippen LogP contribution in [0.2, 0.25) is 0 Å². The molecular weight excluding hydrogens is 432 g/mol. The van der Waals surface area contributed by atoms with Crippen molar-refractivity contribution < 1.29 is 14.3 Å². The van der Waals surface area contributed by atoms with E-state index in [1.807, 2.05) is 44.8 Å². The van der Waals surface area contributed by atoms with E-state index in [-0.39, 0.29) is 18.1 Å². The van der Waals surface area contributed by atoms with Gasteiger partial charge in [-0.3, -0.25) is 9.36 Å². The quantitative estimate of drug-likeness (QED) is 0.430. The lowest BCUT2D eigenvalue weighted by Gasteiger charge is -2.29. The van der Waals surface area contributed by atoms with Crippen molar-refractivity contribution in [3.63, 3.8) is 0 Å². The summed E-state index contributed by atoms with van der Waals surface area (Å²) in [6, 6.07) is 9.46. The van der Waals surface area contributed by atoms with Gasteiger partial charge < -0.3 is 14.8 Å². The van der Waals surface area contributed by atoms with Gasteiger partial charge in [0, 0.05) is 43.5 Å². The van der Waals surface area contributed by atoms with Crippen LogP contribution in [0.4, 0.5) is 5.82 Å². The third-order valence-corrected chi connectivity index (χ3v) is 6.39. The van der Waals surface area contributed by atoms with E-state index in [0.29, 0.717) is 5.56 Å². The minimum atomic E-state index is -0.346. The molecule has 4 aromatic rings. The molecule has 1 N–H and O–H groups in total. The second-order valence-corrected chi connectivity index (χ2v) is 8.60. The second-order valence-electron chi connectivity index (χ2n) is 8.60. The normalized spacial score (nSPS) is 18.1. The summed E-state index contributed by atoms with van der Waals surface area (Å²) in [6.45, 7) is 0. The van der Waals surface area contributed by atoms with Gasteiger partial charge in [0.25, 0.3) is 0 Å². The molecule has 5 rings (SSSR count). The summed E-state index contributed by atoms with van der Waals surface area (Å²) in [5, 5.41) is 13.5. The summed E-state index contributed by atoms with van der Waals surface area (Å²) < 4.78 is 14.9. The number of esters is 1. The van der Waals surface area contributed by atoms with E-state index in [4.69, 9.17) is 14.6 Å². The minimum absolute atomic E-state index is 0.134. The van der Waals surface area contributed by atoms with Gasteiger partial charge in [-0.05, 0) is 49.9 Å². The molecule has 0 atom stereocenters. The largest absolute Gasteiger partial charge is 0.490 e. The second kappa shape index (κ2) is 9.17. The predicted octanol–water partition coefficient (Wildman–Crippen LogP) is 4.22. The summed E-state index contributed by atoms with van der Waals surface area (Å²) in [6.07, 6.45) is 9.63. The van der Waals surface area contributed by atoms with Crippen molar-refractivity contribution in [1.82, 2.24) is 24.5 Å². The monoisotopic (exact) mass is 460 g/mol. The number of fused-ring (bicyclic) bond motifs is 1. The van der Waals surface area contributed by atoms with E-state index in [1.165, 1.54) is 7.11 Å². The summed E-state index contributed by atoms with van der Waals surface area (Å²) in [7, 11) is 5.16. The molecule has 1 aromatic carbocycles. The molecule has 3 aromatic heterocycles. The summed E-state index contributed by atoms with van der Waals surface area (Å²) in [5.41, 5.74) is 3.48. The van der Waals surface area contributed by atoms with Crippen LogP contribution in [0.1, 0.15) is 42.1 Å². The van der Waals surface area contributed by atoms with Crippen LogP contribution in [0.15, 0.2) is 48.9 Å². The number of hydrogen-bond donors (Lipinski definition) is 1. The number of carbonyl (C=O) groups excluding carboxylic acids is 1. The highest BCUT2D eigenvalue weighted by molar-refractivity contribution is 5.93. The smallest absolute Gasteiger partial charge is 0.337 e. The van der Waals surface area contributed by atoms with E-state index >= 15 is 0 Å². The molecule has 0 aliphatic heterocycles. The minimum Gasteiger partial charge on any atom is -0.490 e. The number of nitrogens with zero attached hydrogens (tertiary/aromatic N) is 5. The summed E-state index contributed by atoms with van der Waals surface area (Å²) in [4.78, 5) is 16.1. The fraction of sp³-hybridized carbons (Fsp3) is 0.360. The van der Waals surface area contributed by atoms with Crippen molar-refractivity contribution in [2.45, 2.75) is 37.8 Å². The van der Waals surface area contributed by atoms with E-state index in [2.05, 4.69) is 26.1 Å². The molecular formula is C25H28N6O3. The van der Waals surface area contributed by atoms with Gasteiger partial charge in [-0.25, -0.2) is 9.78 Å². The van der Waals surface area contributed by atoms with Gasteiger partial charge in [0.1, 0.15) is 17.3 Å². The molecule has 34 heavy (non-hydrogen) atoms. The molecule has 9 nitrogen and oxygen atoms in total. The molecule has 0 unspecified atom stereocenters. The summed E-state index contributed by atoms with van der Waals surface area (Å²) >= 11 is 0. The number of carbonyl (C=O) groups is 1. The van der Waals surface area contributed by atoms with Crippen molar-refractivity contribution in [2.75, 3.05) is 19.5 Å². The molecule has 3 heterocycles. The molecule has 0 bridgehead atoms. The molecule has 1 fully saturated rings. The standard InChI is InChI=1S/C25H28N6O3/c1-26-23-12-22-21(14-27-23)24(17-13-28-30(2)15-17)29-31(22)18-6-10-20(11-7-18)34-19-8-4-16(5-9-19)25(32)33-3/h4-5,8-9,12-15,18,20H,6-7,10-11H2,1-3H3,(H,26,27). The highest BCUT2D eigenvalue weighted by atomic mass is 16.5. The van der Waals surface area contributed by atoms with Gasteiger partial charge in [-0.1, -0.05) is 0 Å². The van der Waals surface area contributed by atoms with Crippen LogP contribution in [-0.4, -0.2) is 50.8 Å². The number of pyridine rings is 1. The Morgan fingerprint density at radius 3 is 2.53 bits per heavy atom. The third kappa shape index (κ3) is 4.21. The molecule has 176 valence electrons. The van der Waals surface area contributed by atoms with Crippen molar-refractivity contribution >= 4 is 22.7 Å². The Bertz CT molecular complexity index is 1300. The fourth-order valence-corrected chi connectivity index (χ4v) is 4.59. The van der Waals surface area contributed by atoms with Gasteiger partial charge in [0.15, 0.2) is 0 Å². The van der Waals surface area contributed by atoms with Crippen LogP contribution < -0.4 is 10.1 Å².